The first-order chi connectivity index (χ1) is 8.36. The second kappa shape index (κ2) is 5.83. The summed E-state index contributed by atoms with van der Waals surface area (Å²) >= 11 is 0. The zero-order valence-corrected chi connectivity index (χ0v) is 10.7. The van der Waals surface area contributed by atoms with Crippen molar-refractivity contribution in [1.29, 1.82) is 0 Å². The van der Waals surface area contributed by atoms with E-state index < -0.39 is 16.0 Å². The van der Waals surface area contributed by atoms with Crippen LogP contribution >= 0.6 is 0 Å². The minimum absolute atomic E-state index is 0.0796. The number of hydrogen-bond acceptors (Lipinski definition) is 4. The van der Waals surface area contributed by atoms with Gasteiger partial charge in [-0.3, -0.25) is 0 Å². The van der Waals surface area contributed by atoms with Crippen molar-refractivity contribution in [2.24, 2.45) is 5.14 Å². The second-order valence-electron chi connectivity index (χ2n) is 3.71. The van der Waals surface area contributed by atoms with Crippen LogP contribution in [-0.2, 0) is 10.0 Å². The second-order valence-corrected chi connectivity index (χ2v) is 5.24. The highest BCUT2D eigenvalue weighted by atomic mass is 32.2. The monoisotopic (exact) mass is 273 g/mol. The van der Waals surface area contributed by atoms with E-state index >= 15 is 0 Å². The minimum atomic E-state index is -4.01. The first kappa shape index (κ1) is 14.5. The molecule has 7 heteroatoms. The SMILES string of the molecule is CCCCOc1ccc(C(=O)O)cc1S(N)(=O)=O. The Bertz CT molecular complexity index is 538. The summed E-state index contributed by atoms with van der Waals surface area (Å²) in [5.74, 6) is -1.14. The number of carbonyl (C=O) groups is 1. The molecule has 0 unspecified atom stereocenters. The van der Waals surface area contributed by atoms with Crippen molar-refractivity contribution < 1.29 is 23.1 Å². The molecule has 100 valence electrons. The van der Waals surface area contributed by atoms with Crippen molar-refractivity contribution in [2.45, 2.75) is 24.7 Å². The molecule has 0 fully saturated rings. The highest BCUT2D eigenvalue weighted by Gasteiger charge is 2.18. The Hall–Kier alpha value is -1.60. The lowest BCUT2D eigenvalue weighted by atomic mass is 10.2. The first-order valence-corrected chi connectivity index (χ1v) is 6.94. The Morgan fingerprint density at radius 1 is 1.44 bits per heavy atom. The Balaban J connectivity index is 3.14. The van der Waals surface area contributed by atoms with Gasteiger partial charge in [-0.1, -0.05) is 13.3 Å². The summed E-state index contributed by atoms with van der Waals surface area (Å²) in [4.78, 5) is 10.5. The minimum Gasteiger partial charge on any atom is -0.492 e. The third-order valence-electron chi connectivity index (χ3n) is 2.25. The van der Waals surface area contributed by atoms with E-state index in [1.165, 1.54) is 12.1 Å². The Kier molecular flexibility index (Phi) is 4.69. The number of carboxylic acids is 1. The summed E-state index contributed by atoms with van der Waals surface area (Å²) in [7, 11) is -4.01. The van der Waals surface area contributed by atoms with Gasteiger partial charge in [-0.05, 0) is 24.6 Å². The van der Waals surface area contributed by atoms with Gasteiger partial charge in [-0.2, -0.15) is 0 Å². The quantitative estimate of drug-likeness (QED) is 0.757. The number of carboxylic acid groups (broad SMARTS) is 1. The van der Waals surface area contributed by atoms with E-state index in [0.717, 1.165) is 18.9 Å². The molecule has 0 aliphatic heterocycles. The predicted molar refractivity (Wildman–Crippen MR) is 65.2 cm³/mol. The van der Waals surface area contributed by atoms with E-state index in [0.29, 0.717) is 6.61 Å². The number of ether oxygens (including phenoxy) is 1. The normalized spacial score (nSPS) is 11.2. The number of nitrogens with two attached hydrogens (primary N) is 1. The first-order valence-electron chi connectivity index (χ1n) is 5.39. The van der Waals surface area contributed by atoms with Crippen LogP contribution in [0.3, 0.4) is 0 Å². The van der Waals surface area contributed by atoms with E-state index in [1.54, 1.807) is 0 Å². The van der Waals surface area contributed by atoms with Crippen LogP contribution in [0.2, 0.25) is 0 Å². The Labute approximate surface area is 105 Å². The lowest BCUT2D eigenvalue weighted by Crippen LogP contribution is -2.15. The van der Waals surface area contributed by atoms with Gasteiger partial charge in [0, 0.05) is 0 Å². The molecule has 0 aliphatic rings. The number of rotatable bonds is 6. The summed E-state index contributed by atoms with van der Waals surface area (Å²) in [6, 6.07) is 3.58. The van der Waals surface area contributed by atoms with Crippen molar-refractivity contribution in [3.05, 3.63) is 23.8 Å². The maximum atomic E-state index is 11.4. The van der Waals surface area contributed by atoms with Gasteiger partial charge < -0.3 is 9.84 Å². The van der Waals surface area contributed by atoms with Crippen molar-refractivity contribution in [2.75, 3.05) is 6.61 Å². The number of unbranched alkanes of at least 4 members (excludes halogenated alkanes) is 1. The molecule has 6 nitrogen and oxygen atoms in total. The molecule has 1 aromatic rings. The molecule has 0 spiro atoms. The fourth-order valence-corrected chi connectivity index (χ4v) is 2.01. The highest BCUT2D eigenvalue weighted by molar-refractivity contribution is 7.89. The van der Waals surface area contributed by atoms with Gasteiger partial charge in [0.25, 0.3) is 0 Å². The molecule has 0 saturated carbocycles. The molecular formula is C11H15NO5S. The van der Waals surface area contributed by atoms with E-state index in [4.69, 9.17) is 15.0 Å². The summed E-state index contributed by atoms with van der Waals surface area (Å²) in [6.07, 6.45) is 1.67. The maximum absolute atomic E-state index is 11.4. The number of aromatic carboxylic acids is 1. The standard InChI is InChI=1S/C11H15NO5S/c1-2-3-6-17-9-5-4-8(11(13)14)7-10(9)18(12,15)16/h4-5,7H,2-3,6H2,1H3,(H,13,14)(H2,12,15,16). The molecule has 0 heterocycles. The van der Waals surface area contributed by atoms with Crippen molar-refractivity contribution in [3.63, 3.8) is 0 Å². The lowest BCUT2D eigenvalue weighted by Gasteiger charge is -2.10. The molecule has 0 atom stereocenters. The van der Waals surface area contributed by atoms with E-state index in [-0.39, 0.29) is 16.2 Å². The highest BCUT2D eigenvalue weighted by Crippen LogP contribution is 2.24. The van der Waals surface area contributed by atoms with Crippen LogP contribution in [0.1, 0.15) is 30.1 Å². The molecule has 1 aromatic carbocycles. The molecule has 3 N–H and O–H groups in total. The maximum Gasteiger partial charge on any atom is 0.335 e. The van der Waals surface area contributed by atoms with E-state index in [2.05, 4.69) is 0 Å². The molecule has 0 aromatic heterocycles. The molecular weight excluding hydrogens is 258 g/mol. The number of primary sulfonamides is 1. The molecule has 1 rings (SSSR count). The zero-order chi connectivity index (χ0) is 13.8. The van der Waals surface area contributed by atoms with Crippen LogP contribution in [0.5, 0.6) is 5.75 Å². The average Bonchev–Trinajstić information content (AvgIpc) is 2.28. The molecule has 0 bridgehead atoms. The predicted octanol–water partition coefficient (Wildman–Crippen LogP) is 1.21. The Morgan fingerprint density at radius 2 is 2.11 bits per heavy atom. The van der Waals surface area contributed by atoms with Crippen LogP contribution in [0.25, 0.3) is 0 Å². The van der Waals surface area contributed by atoms with Crippen molar-refractivity contribution >= 4 is 16.0 Å². The molecule has 0 radical (unpaired) electrons. The lowest BCUT2D eigenvalue weighted by molar-refractivity contribution is 0.0696. The van der Waals surface area contributed by atoms with Crippen LogP contribution in [0.15, 0.2) is 23.1 Å². The van der Waals surface area contributed by atoms with Crippen molar-refractivity contribution in [3.8, 4) is 5.75 Å². The van der Waals surface area contributed by atoms with Gasteiger partial charge >= 0.3 is 5.97 Å². The van der Waals surface area contributed by atoms with Gasteiger partial charge in [0.1, 0.15) is 10.6 Å². The Morgan fingerprint density at radius 3 is 2.61 bits per heavy atom. The van der Waals surface area contributed by atoms with Crippen LogP contribution in [0, 0.1) is 0 Å². The summed E-state index contributed by atoms with van der Waals surface area (Å²) < 4.78 is 28.0. The fraction of sp³-hybridized carbons (Fsp3) is 0.364. The largest absolute Gasteiger partial charge is 0.492 e. The molecule has 0 aliphatic carbocycles. The van der Waals surface area contributed by atoms with Gasteiger partial charge in [0.15, 0.2) is 0 Å². The third-order valence-corrected chi connectivity index (χ3v) is 3.18. The van der Waals surface area contributed by atoms with Gasteiger partial charge in [0.05, 0.1) is 12.2 Å². The number of hydrogen-bond donors (Lipinski definition) is 2. The summed E-state index contributed by atoms with van der Waals surface area (Å²) in [6.45, 7) is 2.32. The van der Waals surface area contributed by atoms with Crippen LogP contribution in [0.4, 0.5) is 0 Å². The van der Waals surface area contributed by atoms with Gasteiger partial charge in [0.2, 0.25) is 10.0 Å². The smallest absolute Gasteiger partial charge is 0.335 e. The summed E-state index contributed by atoms with van der Waals surface area (Å²) in [5.41, 5.74) is -0.151. The number of benzene rings is 1. The van der Waals surface area contributed by atoms with Gasteiger partial charge in [-0.15, -0.1) is 0 Å². The molecule has 0 saturated heterocycles. The van der Waals surface area contributed by atoms with Gasteiger partial charge in [-0.25, -0.2) is 18.4 Å². The van der Waals surface area contributed by atoms with Crippen LogP contribution < -0.4 is 9.88 Å². The zero-order valence-electron chi connectivity index (χ0n) is 9.92. The van der Waals surface area contributed by atoms with Crippen molar-refractivity contribution in [1.82, 2.24) is 0 Å². The topological polar surface area (TPSA) is 107 Å². The number of sulfonamides is 1. The summed E-state index contributed by atoms with van der Waals surface area (Å²) in [5, 5.41) is 13.8. The van der Waals surface area contributed by atoms with Crippen LogP contribution in [-0.4, -0.2) is 26.1 Å². The molecule has 0 amide bonds. The fourth-order valence-electron chi connectivity index (χ4n) is 1.31. The van der Waals surface area contributed by atoms with E-state index in [1.807, 2.05) is 6.92 Å². The average molecular weight is 273 g/mol. The van der Waals surface area contributed by atoms with E-state index in [9.17, 15) is 13.2 Å². The molecule has 18 heavy (non-hydrogen) atoms. The third kappa shape index (κ3) is 3.71.